The minimum Gasteiger partial charge on any atom is -0.494 e. The van der Waals surface area contributed by atoms with Crippen LogP contribution in [-0.4, -0.2) is 37.5 Å². The average Bonchev–Trinajstić information content (AvgIpc) is 2.19. The Kier molecular flexibility index (Phi) is 7.27. The van der Waals surface area contributed by atoms with Crippen LogP contribution in [0.1, 0.15) is 6.42 Å². The van der Waals surface area contributed by atoms with Crippen LogP contribution in [0, 0.1) is 0 Å². The molecular formula is C10H17NO5S. The van der Waals surface area contributed by atoms with Gasteiger partial charge in [0, 0.05) is 18.7 Å². The SMILES string of the molecule is CS(=O)(=O)O.Nc1ccc(OCCCO)cc1. The van der Waals surface area contributed by atoms with Crippen LogP contribution in [0.15, 0.2) is 24.3 Å². The first kappa shape index (κ1) is 15.7. The van der Waals surface area contributed by atoms with Crippen molar-refractivity contribution < 1.29 is 22.8 Å². The number of hydrogen-bond acceptors (Lipinski definition) is 5. The Bertz CT molecular complexity index is 393. The van der Waals surface area contributed by atoms with Crippen molar-refractivity contribution in [2.24, 2.45) is 0 Å². The molecule has 0 aromatic heterocycles. The summed E-state index contributed by atoms with van der Waals surface area (Å²) < 4.78 is 31.2. The summed E-state index contributed by atoms with van der Waals surface area (Å²) in [7, 11) is -3.67. The third-order valence-corrected chi connectivity index (χ3v) is 1.45. The van der Waals surface area contributed by atoms with Crippen molar-refractivity contribution in [3.05, 3.63) is 24.3 Å². The Labute approximate surface area is 101 Å². The van der Waals surface area contributed by atoms with Gasteiger partial charge in [0.2, 0.25) is 0 Å². The summed E-state index contributed by atoms with van der Waals surface area (Å²) >= 11 is 0. The minimum absolute atomic E-state index is 0.162. The topological polar surface area (TPSA) is 110 Å². The van der Waals surface area contributed by atoms with Crippen LogP contribution in [0.5, 0.6) is 5.75 Å². The van der Waals surface area contributed by atoms with Crippen molar-refractivity contribution in [3.63, 3.8) is 0 Å². The van der Waals surface area contributed by atoms with Gasteiger partial charge < -0.3 is 15.6 Å². The predicted molar refractivity (Wildman–Crippen MR) is 65.5 cm³/mol. The van der Waals surface area contributed by atoms with Crippen LogP contribution < -0.4 is 10.5 Å². The van der Waals surface area contributed by atoms with E-state index in [1.54, 1.807) is 12.1 Å². The highest BCUT2D eigenvalue weighted by molar-refractivity contribution is 7.85. The largest absolute Gasteiger partial charge is 0.494 e. The Morgan fingerprint density at radius 1 is 1.29 bits per heavy atom. The fraction of sp³-hybridized carbons (Fsp3) is 0.400. The van der Waals surface area contributed by atoms with Crippen LogP contribution in [0.25, 0.3) is 0 Å². The molecule has 0 aliphatic rings. The monoisotopic (exact) mass is 263 g/mol. The molecule has 0 amide bonds. The van der Waals surface area contributed by atoms with E-state index in [1.807, 2.05) is 12.1 Å². The lowest BCUT2D eigenvalue weighted by molar-refractivity contribution is 0.233. The summed E-state index contributed by atoms with van der Waals surface area (Å²) in [6, 6.07) is 7.20. The van der Waals surface area contributed by atoms with Crippen LogP contribution in [0.2, 0.25) is 0 Å². The van der Waals surface area contributed by atoms with Gasteiger partial charge in [-0.1, -0.05) is 0 Å². The first-order valence-electron chi connectivity index (χ1n) is 4.84. The molecule has 0 heterocycles. The molecule has 1 aromatic rings. The van der Waals surface area contributed by atoms with Gasteiger partial charge in [-0.25, -0.2) is 0 Å². The van der Waals surface area contributed by atoms with Crippen molar-refractivity contribution in [2.75, 3.05) is 25.2 Å². The molecule has 98 valence electrons. The summed E-state index contributed by atoms with van der Waals surface area (Å²) in [4.78, 5) is 0. The van der Waals surface area contributed by atoms with Crippen molar-refractivity contribution >= 4 is 15.8 Å². The van der Waals surface area contributed by atoms with Gasteiger partial charge in [0.05, 0.1) is 12.9 Å². The molecule has 6 nitrogen and oxygen atoms in total. The molecule has 0 spiro atoms. The molecule has 1 aromatic carbocycles. The van der Waals surface area contributed by atoms with Crippen LogP contribution in [0.4, 0.5) is 5.69 Å². The highest BCUT2D eigenvalue weighted by atomic mass is 32.2. The number of hydrogen-bond donors (Lipinski definition) is 3. The van der Waals surface area contributed by atoms with E-state index >= 15 is 0 Å². The second-order valence-electron chi connectivity index (χ2n) is 3.23. The van der Waals surface area contributed by atoms with E-state index in [4.69, 9.17) is 20.1 Å². The number of nitrogen functional groups attached to an aromatic ring is 1. The number of anilines is 1. The van der Waals surface area contributed by atoms with Gasteiger partial charge in [-0.15, -0.1) is 0 Å². The Hall–Kier alpha value is -1.31. The zero-order valence-corrected chi connectivity index (χ0v) is 10.4. The molecule has 4 N–H and O–H groups in total. The molecule has 0 saturated heterocycles. The minimum atomic E-state index is -3.67. The normalized spacial score (nSPS) is 10.3. The van der Waals surface area contributed by atoms with E-state index in [-0.39, 0.29) is 6.61 Å². The number of aliphatic hydroxyl groups is 1. The molecular weight excluding hydrogens is 246 g/mol. The third kappa shape index (κ3) is 12.6. The van der Waals surface area contributed by atoms with E-state index in [9.17, 15) is 8.42 Å². The first-order chi connectivity index (χ1) is 7.83. The molecule has 0 bridgehead atoms. The van der Waals surface area contributed by atoms with Gasteiger partial charge >= 0.3 is 0 Å². The lowest BCUT2D eigenvalue weighted by Crippen LogP contribution is -1.99. The Morgan fingerprint density at radius 3 is 2.18 bits per heavy atom. The maximum Gasteiger partial charge on any atom is 0.261 e. The highest BCUT2D eigenvalue weighted by Crippen LogP contribution is 2.12. The average molecular weight is 263 g/mol. The summed E-state index contributed by atoms with van der Waals surface area (Å²) in [6.07, 6.45) is 1.37. The van der Waals surface area contributed by atoms with Gasteiger partial charge in [-0.3, -0.25) is 4.55 Å². The molecule has 0 fully saturated rings. The molecule has 0 aliphatic carbocycles. The molecule has 17 heavy (non-hydrogen) atoms. The Morgan fingerprint density at radius 2 is 1.76 bits per heavy atom. The Balaban J connectivity index is 0.000000437. The summed E-state index contributed by atoms with van der Waals surface area (Å²) in [6.45, 7) is 0.704. The molecule has 7 heteroatoms. The third-order valence-electron chi connectivity index (χ3n) is 1.45. The van der Waals surface area contributed by atoms with Crippen molar-refractivity contribution in [1.29, 1.82) is 0 Å². The van der Waals surface area contributed by atoms with Crippen molar-refractivity contribution in [2.45, 2.75) is 6.42 Å². The van der Waals surface area contributed by atoms with Gasteiger partial charge in [-0.05, 0) is 24.3 Å². The van der Waals surface area contributed by atoms with Gasteiger partial charge in [0.25, 0.3) is 10.1 Å². The zero-order chi connectivity index (χ0) is 13.3. The number of nitrogens with two attached hydrogens (primary N) is 1. The molecule has 0 aliphatic heterocycles. The first-order valence-corrected chi connectivity index (χ1v) is 6.69. The van der Waals surface area contributed by atoms with E-state index in [0.717, 1.165) is 11.4 Å². The smallest absolute Gasteiger partial charge is 0.261 e. The maximum atomic E-state index is 9.19. The summed E-state index contributed by atoms with van der Waals surface area (Å²) in [5.41, 5.74) is 6.21. The lowest BCUT2D eigenvalue weighted by atomic mass is 10.3. The second-order valence-corrected chi connectivity index (χ2v) is 4.69. The summed E-state index contributed by atoms with van der Waals surface area (Å²) in [5, 5.41) is 8.49. The fourth-order valence-corrected chi connectivity index (χ4v) is 0.819. The molecule has 0 radical (unpaired) electrons. The molecule has 0 unspecified atom stereocenters. The van der Waals surface area contributed by atoms with Gasteiger partial charge in [-0.2, -0.15) is 8.42 Å². The fourth-order valence-electron chi connectivity index (χ4n) is 0.819. The molecule has 1 rings (SSSR count). The van der Waals surface area contributed by atoms with Gasteiger partial charge in [0.1, 0.15) is 5.75 Å². The quantitative estimate of drug-likeness (QED) is 0.415. The summed E-state index contributed by atoms with van der Waals surface area (Å²) in [5.74, 6) is 0.789. The molecule has 0 atom stereocenters. The number of ether oxygens (including phenoxy) is 1. The number of aliphatic hydroxyl groups excluding tert-OH is 1. The highest BCUT2D eigenvalue weighted by Gasteiger charge is 1.91. The second kappa shape index (κ2) is 7.88. The maximum absolute atomic E-state index is 9.19. The van der Waals surface area contributed by atoms with E-state index in [2.05, 4.69) is 0 Å². The van der Waals surface area contributed by atoms with E-state index in [0.29, 0.717) is 19.3 Å². The molecule has 0 saturated carbocycles. The number of rotatable bonds is 4. The standard InChI is InChI=1S/C9H13NO2.CH4O3S/c10-8-2-4-9(5-3-8)12-7-1-6-11;1-5(2,3)4/h2-5,11H,1,6-7,10H2;1H3,(H,2,3,4). The van der Waals surface area contributed by atoms with Crippen LogP contribution in [0.3, 0.4) is 0 Å². The predicted octanol–water partition coefficient (Wildman–Crippen LogP) is 0.534. The van der Waals surface area contributed by atoms with Gasteiger partial charge in [0.15, 0.2) is 0 Å². The van der Waals surface area contributed by atoms with E-state index in [1.165, 1.54) is 0 Å². The van der Waals surface area contributed by atoms with Crippen molar-refractivity contribution in [1.82, 2.24) is 0 Å². The zero-order valence-electron chi connectivity index (χ0n) is 9.54. The van der Waals surface area contributed by atoms with Crippen LogP contribution in [-0.2, 0) is 10.1 Å². The van der Waals surface area contributed by atoms with Crippen LogP contribution >= 0.6 is 0 Å². The van der Waals surface area contributed by atoms with Crippen molar-refractivity contribution in [3.8, 4) is 5.75 Å². The lowest BCUT2D eigenvalue weighted by Gasteiger charge is -2.04. The van der Waals surface area contributed by atoms with E-state index < -0.39 is 10.1 Å². The number of benzene rings is 1.